The second kappa shape index (κ2) is 7.06. The lowest BCUT2D eigenvalue weighted by atomic mass is 9.93. The molecule has 2 heterocycles. The number of fused-ring (bicyclic) bond motifs is 1. The Morgan fingerprint density at radius 2 is 1.79 bits per heavy atom. The normalized spacial score (nSPS) is 19.0. The predicted octanol–water partition coefficient (Wildman–Crippen LogP) is 3.59. The van der Waals surface area contributed by atoms with Crippen molar-refractivity contribution < 1.29 is 12.8 Å². The van der Waals surface area contributed by atoms with Gasteiger partial charge in [-0.15, -0.1) is 5.10 Å². The van der Waals surface area contributed by atoms with E-state index in [9.17, 15) is 12.8 Å². The lowest BCUT2D eigenvalue weighted by Crippen LogP contribution is -2.28. The molecule has 0 saturated carbocycles. The lowest BCUT2D eigenvalue weighted by Gasteiger charge is -2.31. The van der Waals surface area contributed by atoms with Crippen molar-refractivity contribution in [3.8, 4) is 0 Å². The SMILES string of the molecule is CS(=O)(=O)Nc1nc2n(n1)[C@@H](c1ccc(F)cc1)C[C@@H](c1ccc(Cl)cc1)N2. The van der Waals surface area contributed by atoms with Crippen LogP contribution in [0, 0.1) is 5.82 Å². The zero-order valence-electron chi connectivity index (χ0n) is 14.8. The van der Waals surface area contributed by atoms with Crippen molar-refractivity contribution in [1.82, 2.24) is 14.8 Å². The van der Waals surface area contributed by atoms with Gasteiger partial charge in [0.05, 0.1) is 18.3 Å². The number of hydrogen-bond acceptors (Lipinski definition) is 5. The lowest BCUT2D eigenvalue weighted by molar-refractivity contribution is 0.431. The van der Waals surface area contributed by atoms with Crippen LogP contribution in [0.1, 0.15) is 29.6 Å². The molecule has 7 nitrogen and oxygen atoms in total. The van der Waals surface area contributed by atoms with E-state index in [1.165, 1.54) is 12.1 Å². The van der Waals surface area contributed by atoms with E-state index in [2.05, 4.69) is 20.1 Å². The minimum Gasteiger partial charge on any atom is -0.347 e. The number of nitrogens with zero attached hydrogens (tertiary/aromatic N) is 3. The van der Waals surface area contributed by atoms with E-state index in [1.807, 2.05) is 12.1 Å². The Morgan fingerprint density at radius 3 is 2.43 bits per heavy atom. The fourth-order valence-corrected chi connectivity index (χ4v) is 3.81. The Morgan fingerprint density at radius 1 is 1.14 bits per heavy atom. The molecule has 28 heavy (non-hydrogen) atoms. The van der Waals surface area contributed by atoms with E-state index >= 15 is 0 Å². The highest BCUT2D eigenvalue weighted by molar-refractivity contribution is 7.91. The first-order chi connectivity index (χ1) is 13.3. The van der Waals surface area contributed by atoms with Gasteiger partial charge >= 0.3 is 0 Å². The summed E-state index contributed by atoms with van der Waals surface area (Å²) in [5.74, 6) is 0.0747. The molecule has 0 bridgehead atoms. The Labute approximate surface area is 166 Å². The second-order valence-corrected chi connectivity index (χ2v) is 8.81. The maximum absolute atomic E-state index is 13.4. The first kappa shape index (κ1) is 18.7. The van der Waals surface area contributed by atoms with Crippen LogP contribution in [0.2, 0.25) is 5.02 Å². The molecular weight excluding hydrogens is 405 g/mol. The first-order valence-electron chi connectivity index (χ1n) is 8.50. The summed E-state index contributed by atoms with van der Waals surface area (Å²) < 4.78 is 40.4. The maximum Gasteiger partial charge on any atom is 0.257 e. The molecule has 0 spiro atoms. The predicted molar refractivity (Wildman–Crippen MR) is 105 cm³/mol. The highest BCUT2D eigenvalue weighted by Gasteiger charge is 2.31. The minimum atomic E-state index is -3.52. The molecule has 0 radical (unpaired) electrons. The van der Waals surface area contributed by atoms with Crippen LogP contribution in [0.4, 0.5) is 16.3 Å². The van der Waals surface area contributed by atoms with E-state index in [-0.39, 0.29) is 23.8 Å². The molecule has 3 aromatic rings. The van der Waals surface area contributed by atoms with Crippen molar-refractivity contribution >= 4 is 33.5 Å². The van der Waals surface area contributed by atoms with Crippen molar-refractivity contribution in [2.75, 3.05) is 16.3 Å². The van der Waals surface area contributed by atoms with Gasteiger partial charge < -0.3 is 5.32 Å². The zero-order chi connectivity index (χ0) is 19.9. The zero-order valence-corrected chi connectivity index (χ0v) is 16.4. The number of rotatable bonds is 4. The number of anilines is 2. The molecule has 0 fully saturated rings. The van der Waals surface area contributed by atoms with Gasteiger partial charge in [-0.1, -0.05) is 35.9 Å². The van der Waals surface area contributed by atoms with E-state index < -0.39 is 10.0 Å². The van der Waals surface area contributed by atoms with Crippen LogP contribution >= 0.6 is 11.6 Å². The number of halogens is 2. The topological polar surface area (TPSA) is 88.9 Å². The van der Waals surface area contributed by atoms with Crippen LogP contribution in [-0.2, 0) is 10.0 Å². The van der Waals surface area contributed by atoms with Crippen LogP contribution < -0.4 is 10.0 Å². The minimum absolute atomic E-state index is 0.0196. The first-order valence-corrected chi connectivity index (χ1v) is 10.8. The van der Waals surface area contributed by atoms with Crippen LogP contribution in [0.25, 0.3) is 0 Å². The standard InChI is InChI=1S/C18H17ClFN5O2S/c1-28(26,27)24-17-22-18-21-15(11-2-6-13(19)7-3-11)10-16(25(18)23-17)12-4-8-14(20)9-5-12/h2-9,15-16H,10H2,1H3,(H2,21,22,23,24)/t15-,16+/m0/s1. The molecule has 10 heteroatoms. The van der Waals surface area contributed by atoms with Crippen molar-refractivity contribution in [3.63, 3.8) is 0 Å². The molecule has 2 atom stereocenters. The van der Waals surface area contributed by atoms with Gasteiger partial charge in [-0.05, 0) is 41.8 Å². The van der Waals surface area contributed by atoms with Gasteiger partial charge in [0.15, 0.2) is 0 Å². The van der Waals surface area contributed by atoms with Gasteiger partial charge in [0.1, 0.15) is 5.82 Å². The van der Waals surface area contributed by atoms with Crippen molar-refractivity contribution in [1.29, 1.82) is 0 Å². The summed E-state index contributed by atoms with van der Waals surface area (Å²) in [4.78, 5) is 4.27. The quantitative estimate of drug-likeness (QED) is 0.672. The van der Waals surface area contributed by atoms with E-state index in [4.69, 9.17) is 11.6 Å². The average Bonchev–Trinajstić information content (AvgIpc) is 3.02. The molecule has 2 N–H and O–H groups in total. The number of nitrogens with one attached hydrogen (secondary N) is 2. The smallest absolute Gasteiger partial charge is 0.257 e. The number of hydrogen-bond donors (Lipinski definition) is 2. The molecule has 0 unspecified atom stereocenters. The third-order valence-electron chi connectivity index (χ3n) is 4.49. The Balaban J connectivity index is 1.75. The van der Waals surface area contributed by atoms with Crippen molar-refractivity contribution in [2.45, 2.75) is 18.5 Å². The second-order valence-electron chi connectivity index (χ2n) is 6.63. The largest absolute Gasteiger partial charge is 0.347 e. The molecule has 146 valence electrons. The maximum atomic E-state index is 13.4. The third kappa shape index (κ3) is 3.95. The van der Waals surface area contributed by atoms with Crippen molar-refractivity contribution in [2.24, 2.45) is 0 Å². The van der Waals surface area contributed by atoms with E-state index in [1.54, 1.807) is 28.9 Å². The summed E-state index contributed by atoms with van der Waals surface area (Å²) in [6.45, 7) is 0. The van der Waals surface area contributed by atoms with Crippen LogP contribution in [0.15, 0.2) is 48.5 Å². The van der Waals surface area contributed by atoms with Gasteiger partial charge in [-0.25, -0.2) is 17.5 Å². The monoisotopic (exact) mass is 421 g/mol. The Hall–Kier alpha value is -2.65. The summed E-state index contributed by atoms with van der Waals surface area (Å²) >= 11 is 5.99. The summed E-state index contributed by atoms with van der Waals surface area (Å²) in [6, 6.07) is 13.3. The molecule has 0 aliphatic carbocycles. The van der Waals surface area contributed by atoms with Gasteiger partial charge in [0, 0.05) is 5.02 Å². The Kier molecular flexibility index (Phi) is 4.72. The highest BCUT2D eigenvalue weighted by atomic mass is 35.5. The number of sulfonamides is 1. The molecule has 2 aromatic carbocycles. The average molecular weight is 422 g/mol. The van der Waals surface area contributed by atoms with Crippen LogP contribution in [0.3, 0.4) is 0 Å². The van der Waals surface area contributed by atoms with E-state index in [0.29, 0.717) is 17.4 Å². The van der Waals surface area contributed by atoms with Gasteiger partial charge in [0.2, 0.25) is 16.0 Å². The van der Waals surface area contributed by atoms with Gasteiger partial charge in [-0.3, -0.25) is 4.72 Å². The van der Waals surface area contributed by atoms with Crippen LogP contribution in [-0.4, -0.2) is 29.4 Å². The van der Waals surface area contributed by atoms with E-state index in [0.717, 1.165) is 17.4 Å². The van der Waals surface area contributed by atoms with Crippen LogP contribution in [0.5, 0.6) is 0 Å². The molecule has 1 aliphatic heterocycles. The highest BCUT2D eigenvalue weighted by Crippen LogP contribution is 2.38. The molecule has 0 saturated heterocycles. The molecule has 1 aliphatic rings. The number of aromatic nitrogens is 3. The van der Waals surface area contributed by atoms with Gasteiger partial charge in [0.25, 0.3) is 5.95 Å². The summed E-state index contributed by atoms with van der Waals surface area (Å²) in [6.07, 6.45) is 1.65. The number of benzene rings is 2. The fourth-order valence-electron chi connectivity index (χ4n) is 3.26. The molecule has 4 rings (SSSR count). The van der Waals surface area contributed by atoms with Gasteiger partial charge in [-0.2, -0.15) is 4.98 Å². The fraction of sp³-hybridized carbons (Fsp3) is 0.222. The molecule has 1 aromatic heterocycles. The third-order valence-corrected chi connectivity index (χ3v) is 5.30. The van der Waals surface area contributed by atoms with Crippen molar-refractivity contribution in [3.05, 3.63) is 70.5 Å². The summed E-state index contributed by atoms with van der Waals surface area (Å²) in [5, 5.41) is 8.22. The molecular formula is C18H17ClFN5O2S. The summed E-state index contributed by atoms with van der Waals surface area (Å²) in [5.41, 5.74) is 1.85. The summed E-state index contributed by atoms with van der Waals surface area (Å²) in [7, 11) is -3.52. The Bertz CT molecular complexity index is 1100. The molecule has 0 amide bonds.